The molecule has 0 atom stereocenters. The van der Waals surface area contributed by atoms with E-state index in [1.165, 1.54) is 10.9 Å². The molecule has 26 heavy (non-hydrogen) atoms. The van der Waals surface area contributed by atoms with Gasteiger partial charge in [0.05, 0.1) is 17.1 Å². The topological polar surface area (TPSA) is 70.2 Å². The van der Waals surface area contributed by atoms with Crippen LogP contribution in [0.2, 0.25) is 0 Å². The average Bonchev–Trinajstić information content (AvgIpc) is 3.36. The molecular formula is C21H15N5. The second kappa shape index (κ2) is 5.97. The lowest BCUT2D eigenvalue weighted by molar-refractivity contribution is 1.09. The van der Waals surface area contributed by atoms with Gasteiger partial charge in [-0.05, 0) is 53.6 Å². The Morgan fingerprint density at radius 1 is 0.692 bits per heavy atom. The fourth-order valence-electron chi connectivity index (χ4n) is 3.21. The van der Waals surface area contributed by atoms with Crippen LogP contribution in [0.15, 0.2) is 79.4 Å². The number of nitrogens with zero attached hydrogens (tertiary/aromatic N) is 3. The van der Waals surface area contributed by atoms with Crippen LogP contribution in [0.3, 0.4) is 0 Å². The Kier molecular flexibility index (Phi) is 3.35. The Hall–Kier alpha value is -3.73. The largest absolute Gasteiger partial charge is 0.353 e. The molecule has 124 valence electrons. The number of nitrogens with one attached hydrogen (secondary N) is 2. The third-order valence-electron chi connectivity index (χ3n) is 4.50. The number of pyridine rings is 2. The van der Waals surface area contributed by atoms with Gasteiger partial charge in [0, 0.05) is 41.3 Å². The fourth-order valence-corrected chi connectivity index (χ4v) is 3.21. The summed E-state index contributed by atoms with van der Waals surface area (Å²) in [5, 5.41) is 8.74. The highest BCUT2D eigenvalue weighted by molar-refractivity contribution is 5.98. The van der Waals surface area contributed by atoms with Gasteiger partial charge >= 0.3 is 0 Å². The highest BCUT2D eigenvalue weighted by atomic mass is 15.1. The van der Waals surface area contributed by atoms with E-state index in [9.17, 15) is 0 Å². The number of aromatic nitrogens is 5. The Morgan fingerprint density at radius 2 is 1.42 bits per heavy atom. The fraction of sp³-hybridized carbons (Fsp3) is 0. The molecule has 0 spiro atoms. The van der Waals surface area contributed by atoms with E-state index in [1.54, 1.807) is 12.4 Å². The number of H-pyrrole nitrogens is 2. The minimum absolute atomic E-state index is 0.899. The van der Waals surface area contributed by atoms with E-state index in [0.717, 1.165) is 33.7 Å². The lowest BCUT2D eigenvalue weighted by atomic mass is 10.0. The van der Waals surface area contributed by atoms with Crippen molar-refractivity contribution in [1.82, 2.24) is 25.1 Å². The summed E-state index contributed by atoms with van der Waals surface area (Å²) in [6, 6.07) is 18.4. The molecule has 0 saturated carbocycles. The molecule has 0 radical (unpaired) electrons. The van der Waals surface area contributed by atoms with Crippen molar-refractivity contribution in [1.29, 1.82) is 0 Å². The van der Waals surface area contributed by atoms with Crippen LogP contribution < -0.4 is 0 Å². The molecule has 5 nitrogen and oxygen atoms in total. The molecule has 5 heteroatoms. The second-order valence-corrected chi connectivity index (χ2v) is 6.09. The molecule has 1 aromatic carbocycles. The van der Waals surface area contributed by atoms with Gasteiger partial charge in [0.15, 0.2) is 0 Å². The van der Waals surface area contributed by atoms with Crippen LogP contribution in [0, 0.1) is 0 Å². The number of rotatable bonds is 3. The second-order valence-electron chi connectivity index (χ2n) is 6.09. The molecule has 4 aromatic heterocycles. The molecule has 0 aliphatic heterocycles. The molecule has 0 aliphatic carbocycles. The van der Waals surface area contributed by atoms with Gasteiger partial charge in [-0.25, -0.2) is 0 Å². The molecule has 5 aromatic rings. The Balaban J connectivity index is 1.60. The maximum Gasteiger partial charge on any atom is 0.0928 e. The predicted octanol–water partition coefficient (Wildman–Crippen LogP) is 4.68. The van der Waals surface area contributed by atoms with Gasteiger partial charge in [0.25, 0.3) is 0 Å². The summed E-state index contributed by atoms with van der Waals surface area (Å²) in [5.74, 6) is 0. The zero-order chi connectivity index (χ0) is 17.3. The predicted molar refractivity (Wildman–Crippen MR) is 102 cm³/mol. The van der Waals surface area contributed by atoms with Crippen LogP contribution in [-0.2, 0) is 0 Å². The Bertz CT molecular complexity index is 1170. The summed E-state index contributed by atoms with van der Waals surface area (Å²) in [5.41, 5.74) is 7.32. The van der Waals surface area contributed by atoms with Gasteiger partial charge < -0.3 is 4.98 Å². The molecule has 0 aliphatic rings. The zero-order valence-electron chi connectivity index (χ0n) is 13.8. The van der Waals surface area contributed by atoms with Crippen LogP contribution >= 0.6 is 0 Å². The highest BCUT2D eigenvalue weighted by Gasteiger charge is 2.11. The lowest BCUT2D eigenvalue weighted by Crippen LogP contribution is -1.79. The first kappa shape index (κ1) is 14.6. The highest BCUT2D eigenvalue weighted by Crippen LogP contribution is 2.32. The van der Waals surface area contributed by atoms with E-state index in [2.05, 4.69) is 49.4 Å². The van der Waals surface area contributed by atoms with Crippen molar-refractivity contribution in [2.24, 2.45) is 0 Å². The van der Waals surface area contributed by atoms with Gasteiger partial charge in [-0.2, -0.15) is 5.10 Å². The summed E-state index contributed by atoms with van der Waals surface area (Å²) in [6.45, 7) is 0. The quantitative estimate of drug-likeness (QED) is 0.502. The number of hydrogen-bond acceptors (Lipinski definition) is 3. The van der Waals surface area contributed by atoms with Crippen LogP contribution in [0.1, 0.15) is 0 Å². The number of hydrogen-bond donors (Lipinski definition) is 2. The number of benzene rings is 1. The molecule has 2 N–H and O–H groups in total. The van der Waals surface area contributed by atoms with Crippen molar-refractivity contribution < 1.29 is 0 Å². The third kappa shape index (κ3) is 2.46. The van der Waals surface area contributed by atoms with E-state index in [4.69, 9.17) is 0 Å². The van der Waals surface area contributed by atoms with Crippen LogP contribution in [0.25, 0.3) is 44.7 Å². The Labute approximate surface area is 149 Å². The third-order valence-corrected chi connectivity index (χ3v) is 4.50. The summed E-state index contributed by atoms with van der Waals surface area (Å²) in [7, 11) is 0. The first-order valence-corrected chi connectivity index (χ1v) is 8.37. The van der Waals surface area contributed by atoms with Gasteiger partial charge in [0.1, 0.15) is 0 Å². The van der Waals surface area contributed by atoms with E-state index in [-0.39, 0.29) is 0 Å². The monoisotopic (exact) mass is 337 g/mol. The van der Waals surface area contributed by atoms with Crippen molar-refractivity contribution in [3.63, 3.8) is 0 Å². The van der Waals surface area contributed by atoms with Crippen molar-refractivity contribution in [2.45, 2.75) is 0 Å². The van der Waals surface area contributed by atoms with E-state index < -0.39 is 0 Å². The standard InChI is InChI=1S/C21H15N5/c1-2-16(14-4-8-22-9-5-14)17-12-20(24-18(17)3-1)21-13-19(25-26-21)15-6-10-23-11-7-15/h1-13,24H,(H,25,26). The zero-order valence-corrected chi connectivity index (χ0v) is 13.8. The summed E-state index contributed by atoms with van der Waals surface area (Å²) in [4.78, 5) is 11.7. The molecule has 0 amide bonds. The van der Waals surface area contributed by atoms with Crippen LogP contribution in [0.4, 0.5) is 0 Å². The maximum atomic E-state index is 4.43. The molecule has 5 rings (SSSR count). The van der Waals surface area contributed by atoms with Crippen molar-refractivity contribution in [2.75, 3.05) is 0 Å². The lowest BCUT2D eigenvalue weighted by Gasteiger charge is -2.02. The van der Waals surface area contributed by atoms with E-state index in [0.29, 0.717) is 0 Å². The van der Waals surface area contributed by atoms with Crippen LogP contribution in [-0.4, -0.2) is 25.1 Å². The van der Waals surface area contributed by atoms with E-state index >= 15 is 0 Å². The summed E-state index contributed by atoms with van der Waals surface area (Å²) >= 11 is 0. The average molecular weight is 337 g/mol. The molecule has 4 heterocycles. The van der Waals surface area contributed by atoms with Gasteiger partial charge in [-0.15, -0.1) is 0 Å². The first-order chi connectivity index (χ1) is 12.9. The molecule has 0 saturated heterocycles. The first-order valence-electron chi connectivity index (χ1n) is 8.37. The minimum atomic E-state index is 0.899. The Morgan fingerprint density at radius 3 is 2.19 bits per heavy atom. The molecule has 0 unspecified atom stereocenters. The van der Waals surface area contributed by atoms with E-state index in [1.807, 2.05) is 42.7 Å². The SMILES string of the molecule is c1cc(-c2ccncc2)c2cc(-c3cc(-c4ccncc4)n[nH]3)[nH]c2c1. The number of aromatic amines is 2. The maximum absolute atomic E-state index is 4.43. The summed E-state index contributed by atoms with van der Waals surface area (Å²) < 4.78 is 0. The normalized spacial score (nSPS) is 11.1. The molecule has 0 bridgehead atoms. The molecule has 0 fully saturated rings. The van der Waals surface area contributed by atoms with Crippen LogP contribution in [0.5, 0.6) is 0 Å². The van der Waals surface area contributed by atoms with Crippen molar-refractivity contribution in [3.05, 3.63) is 79.4 Å². The smallest absolute Gasteiger partial charge is 0.0928 e. The van der Waals surface area contributed by atoms with Gasteiger partial charge in [-0.1, -0.05) is 12.1 Å². The van der Waals surface area contributed by atoms with Crippen molar-refractivity contribution >= 4 is 10.9 Å². The summed E-state index contributed by atoms with van der Waals surface area (Å²) in [6.07, 6.45) is 7.18. The van der Waals surface area contributed by atoms with Gasteiger partial charge in [-0.3, -0.25) is 15.1 Å². The number of fused-ring (bicyclic) bond motifs is 1. The van der Waals surface area contributed by atoms with Crippen molar-refractivity contribution in [3.8, 4) is 33.8 Å². The minimum Gasteiger partial charge on any atom is -0.353 e. The molecular weight excluding hydrogens is 322 g/mol. The van der Waals surface area contributed by atoms with Gasteiger partial charge in [0.2, 0.25) is 0 Å².